The van der Waals surface area contributed by atoms with Gasteiger partial charge in [-0.3, -0.25) is 9.59 Å². The molecule has 1 fully saturated rings. The highest BCUT2D eigenvalue weighted by Gasteiger charge is 2.22. The molecule has 6 heteroatoms. The molecule has 32 heavy (non-hydrogen) atoms. The number of halogens is 2. The van der Waals surface area contributed by atoms with Gasteiger partial charge in [0.2, 0.25) is 5.91 Å². The van der Waals surface area contributed by atoms with Gasteiger partial charge in [0.1, 0.15) is 0 Å². The monoisotopic (exact) mass is 466 g/mol. The quantitative estimate of drug-likeness (QED) is 0.446. The maximum Gasteiger partial charge on any atom is 0.260 e. The van der Waals surface area contributed by atoms with E-state index in [2.05, 4.69) is 0 Å². The fourth-order valence-electron chi connectivity index (χ4n) is 3.94. The summed E-state index contributed by atoms with van der Waals surface area (Å²) in [6, 6.07) is 22.3. The van der Waals surface area contributed by atoms with Gasteiger partial charge >= 0.3 is 0 Å². The smallest absolute Gasteiger partial charge is 0.260 e. The molecule has 164 valence electrons. The Morgan fingerprint density at radius 3 is 2.28 bits per heavy atom. The van der Waals surface area contributed by atoms with E-state index in [-0.39, 0.29) is 11.8 Å². The standard InChI is InChI=1S/C26H24Cl2N2O2/c27-21-11-12-23(24(28)17-21)26(32)30(18-19-7-2-1-3-8-19)22-10-6-9-20(15-22)16-25(31)29-13-4-5-14-29/h1-3,6-12,15,17H,4-5,13-14,16,18H2. The van der Waals surface area contributed by atoms with Crippen molar-refractivity contribution >= 4 is 40.7 Å². The van der Waals surface area contributed by atoms with Crippen LogP contribution in [0.3, 0.4) is 0 Å². The molecule has 0 unspecified atom stereocenters. The summed E-state index contributed by atoms with van der Waals surface area (Å²) >= 11 is 12.4. The first kappa shape index (κ1) is 22.4. The van der Waals surface area contributed by atoms with Gasteiger partial charge in [0.05, 0.1) is 23.6 Å². The minimum absolute atomic E-state index is 0.126. The lowest BCUT2D eigenvalue weighted by molar-refractivity contribution is -0.129. The molecule has 0 bridgehead atoms. The summed E-state index contributed by atoms with van der Waals surface area (Å²) in [6.45, 7) is 2.03. The molecule has 1 saturated heterocycles. The average molecular weight is 467 g/mol. The number of benzene rings is 3. The van der Waals surface area contributed by atoms with Crippen molar-refractivity contribution in [3.63, 3.8) is 0 Å². The van der Waals surface area contributed by atoms with Gasteiger partial charge < -0.3 is 9.80 Å². The van der Waals surface area contributed by atoms with E-state index in [1.807, 2.05) is 59.5 Å². The maximum absolute atomic E-state index is 13.5. The van der Waals surface area contributed by atoms with E-state index < -0.39 is 0 Å². The Balaban J connectivity index is 1.65. The predicted molar refractivity (Wildman–Crippen MR) is 129 cm³/mol. The molecule has 0 aliphatic carbocycles. The van der Waals surface area contributed by atoms with Crippen molar-refractivity contribution in [3.05, 3.63) is 99.5 Å². The van der Waals surface area contributed by atoms with Crippen LogP contribution >= 0.6 is 23.2 Å². The minimum Gasteiger partial charge on any atom is -0.342 e. The van der Waals surface area contributed by atoms with E-state index in [1.54, 1.807) is 23.1 Å². The first-order valence-corrected chi connectivity index (χ1v) is 11.4. The largest absolute Gasteiger partial charge is 0.342 e. The van der Waals surface area contributed by atoms with Gasteiger partial charge in [-0.05, 0) is 54.3 Å². The molecule has 1 heterocycles. The van der Waals surface area contributed by atoms with Crippen LogP contribution in [-0.2, 0) is 17.8 Å². The molecule has 0 spiro atoms. The lowest BCUT2D eigenvalue weighted by Gasteiger charge is -2.24. The van der Waals surface area contributed by atoms with Gasteiger partial charge in [-0.2, -0.15) is 0 Å². The summed E-state index contributed by atoms with van der Waals surface area (Å²) < 4.78 is 0. The molecule has 0 N–H and O–H groups in total. The average Bonchev–Trinajstić information content (AvgIpc) is 3.33. The second kappa shape index (κ2) is 10.2. The van der Waals surface area contributed by atoms with Gasteiger partial charge in [-0.25, -0.2) is 0 Å². The van der Waals surface area contributed by atoms with E-state index in [4.69, 9.17) is 23.2 Å². The third-order valence-corrected chi connectivity index (χ3v) is 6.17. The Hall–Kier alpha value is -2.82. The van der Waals surface area contributed by atoms with E-state index >= 15 is 0 Å². The molecule has 1 aliphatic rings. The van der Waals surface area contributed by atoms with E-state index in [0.717, 1.165) is 42.7 Å². The van der Waals surface area contributed by atoms with Crippen LogP contribution < -0.4 is 4.90 Å². The highest BCUT2D eigenvalue weighted by Crippen LogP contribution is 2.27. The molecule has 0 radical (unpaired) electrons. The maximum atomic E-state index is 13.5. The Morgan fingerprint density at radius 2 is 1.56 bits per heavy atom. The number of hydrogen-bond acceptors (Lipinski definition) is 2. The molecular weight excluding hydrogens is 443 g/mol. The molecule has 3 aromatic carbocycles. The predicted octanol–water partition coefficient (Wildman–Crippen LogP) is 6.01. The van der Waals surface area contributed by atoms with Crippen molar-refractivity contribution in [1.82, 2.24) is 4.90 Å². The van der Waals surface area contributed by atoms with Crippen LogP contribution in [0.5, 0.6) is 0 Å². The summed E-state index contributed by atoms with van der Waals surface area (Å²) in [7, 11) is 0. The second-order valence-corrected chi connectivity index (χ2v) is 8.78. The van der Waals surface area contributed by atoms with Crippen molar-refractivity contribution in [1.29, 1.82) is 0 Å². The molecule has 0 saturated carbocycles. The highest BCUT2D eigenvalue weighted by atomic mass is 35.5. The fraction of sp³-hybridized carbons (Fsp3) is 0.231. The van der Waals surface area contributed by atoms with Crippen LogP contribution in [0.4, 0.5) is 5.69 Å². The fourth-order valence-corrected chi connectivity index (χ4v) is 4.43. The normalized spacial score (nSPS) is 13.2. The molecule has 0 atom stereocenters. The second-order valence-electron chi connectivity index (χ2n) is 7.94. The summed E-state index contributed by atoms with van der Waals surface area (Å²) in [5, 5.41) is 0.782. The van der Waals surface area contributed by atoms with Gasteiger partial charge in [0, 0.05) is 23.8 Å². The topological polar surface area (TPSA) is 40.6 Å². The number of nitrogens with zero attached hydrogens (tertiary/aromatic N) is 2. The van der Waals surface area contributed by atoms with Crippen LogP contribution in [0.1, 0.15) is 34.3 Å². The minimum atomic E-state index is -0.224. The Bertz CT molecular complexity index is 1110. The Morgan fingerprint density at radius 1 is 0.844 bits per heavy atom. The molecule has 4 rings (SSSR count). The first-order chi connectivity index (χ1) is 15.5. The Kier molecular flexibility index (Phi) is 7.13. The summed E-state index contributed by atoms with van der Waals surface area (Å²) in [5.74, 6) is -0.0973. The van der Waals surface area contributed by atoms with Gasteiger partial charge in [0.15, 0.2) is 0 Å². The van der Waals surface area contributed by atoms with Crippen LogP contribution in [0.15, 0.2) is 72.8 Å². The number of hydrogen-bond donors (Lipinski definition) is 0. The zero-order chi connectivity index (χ0) is 22.5. The molecule has 0 aromatic heterocycles. The van der Waals surface area contributed by atoms with Gasteiger partial charge in [0.25, 0.3) is 5.91 Å². The van der Waals surface area contributed by atoms with Crippen molar-refractivity contribution in [2.24, 2.45) is 0 Å². The SMILES string of the molecule is O=C(Cc1cccc(N(Cc2ccccc2)C(=O)c2ccc(Cl)cc2Cl)c1)N1CCCC1. The van der Waals surface area contributed by atoms with Crippen molar-refractivity contribution in [2.75, 3.05) is 18.0 Å². The number of rotatable bonds is 6. The number of amides is 2. The number of anilines is 1. The number of likely N-dealkylation sites (tertiary alicyclic amines) is 1. The lowest BCUT2D eigenvalue weighted by atomic mass is 10.1. The van der Waals surface area contributed by atoms with Crippen LogP contribution in [-0.4, -0.2) is 29.8 Å². The van der Waals surface area contributed by atoms with E-state index in [1.165, 1.54) is 0 Å². The zero-order valence-electron chi connectivity index (χ0n) is 17.6. The first-order valence-electron chi connectivity index (χ1n) is 10.7. The third kappa shape index (κ3) is 5.32. The highest BCUT2D eigenvalue weighted by molar-refractivity contribution is 6.37. The zero-order valence-corrected chi connectivity index (χ0v) is 19.1. The van der Waals surface area contributed by atoms with E-state index in [9.17, 15) is 9.59 Å². The lowest BCUT2D eigenvalue weighted by Crippen LogP contribution is -2.31. The number of carbonyl (C=O) groups is 2. The van der Waals surface area contributed by atoms with Gasteiger partial charge in [-0.15, -0.1) is 0 Å². The molecule has 3 aromatic rings. The molecule has 4 nitrogen and oxygen atoms in total. The van der Waals surface area contributed by atoms with Crippen LogP contribution in [0, 0.1) is 0 Å². The molecule has 2 amide bonds. The van der Waals surface area contributed by atoms with Crippen molar-refractivity contribution in [3.8, 4) is 0 Å². The summed E-state index contributed by atoms with van der Waals surface area (Å²) in [5.41, 5.74) is 2.97. The van der Waals surface area contributed by atoms with Crippen LogP contribution in [0.25, 0.3) is 0 Å². The number of carbonyl (C=O) groups excluding carboxylic acids is 2. The summed E-state index contributed by atoms with van der Waals surface area (Å²) in [4.78, 5) is 29.8. The third-order valence-electron chi connectivity index (χ3n) is 5.63. The van der Waals surface area contributed by atoms with Crippen molar-refractivity contribution < 1.29 is 9.59 Å². The summed E-state index contributed by atoms with van der Waals surface area (Å²) in [6.07, 6.45) is 2.45. The van der Waals surface area contributed by atoms with Crippen molar-refractivity contribution in [2.45, 2.75) is 25.8 Å². The van der Waals surface area contributed by atoms with Gasteiger partial charge in [-0.1, -0.05) is 65.7 Å². The Labute approximate surface area is 198 Å². The molecular formula is C26H24Cl2N2O2. The van der Waals surface area contributed by atoms with Crippen LogP contribution in [0.2, 0.25) is 10.0 Å². The van der Waals surface area contributed by atoms with E-state index in [0.29, 0.717) is 28.6 Å². The molecule has 1 aliphatic heterocycles.